The SMILES string of the molecule is CC(C)(C)c1ccc(-c2oc3ccc(Cl)cc3c(=O)c2OCC(=O)N2CCCCCC2)cc1. The maximum absolute atomic E-state index is 13.4. The van der Waals surface area contributed by atoms with Crippen molar-refractivity contribution in [2.45, 2.75) is 51.9 Å². The molecule has 0 spiro atoms. The molecule has 4 rings (SSSR count). The Balaban J connectivity index is 1.72. The summed E-state index contributed by atoms with van der Waals surface area (Å²) in [5.41, 5.74) is 1.97. The number of fused-ring (bicyclic) bond motifs is 1. The van der Waals surface area contributed by atoms with Crippen molar-refractivity contribution in [3.63, 3.8) is 0 Å². The van der Waals surface area contributed by atoms with Gasteiger partial charge in [-0.1, -0.05) is 69.5 Å². The van der Waals surface area contributed by atoms with Crippen LogP contribution in [0, 0.1) is 0 Å². The lowest BCUT2D eigenvalue weighted by atomic mass is 9.86. The van der Waals surface area contributed by atoms with Crippen LogP contribution in [0.2, 0.25) is 5.02 Å². The highest BCUT2D eigenvalue weighted by Gasteiger charge is 2.22. The zero-order chi connectivity index (χ0) is 23.6. The molecule has 1 amide bonds. The van der Waals surface area contributed by atoms with Crippen LogP contribution in [0.1, 0.15) is 52.0 Å². The van der Waals surface area contributed by atoms with Gasteiger partial charge in [-0.05, 0) is 42.0 Å². The molecule has 0 radical (unpaired) electrons. The molecular formula is C27H30ClNO4. The fourth-order valence-electron chi connectivity index (χ4n) is 4.14. The van der Waals surface area contributed by atoms with E-state index in [0.717, 1.165) is 38.8 Å². The van der Waals surface area contributed by atoms with Gasteiger partial charge < -0.3 is 14.1 Å². The molecule has 1 fully saturated rings. The van der Waals surface area contributed by atoms with Gasteiger partial charge in [-0.25, -0.2) is 0 Å². The van der Waals surface area contributed by atoms with Crippen LogP contribution in [0.4, 0.5) is 0 Å². The Morgan fingerprint density at radius 2 is 1.70 bits per heavy atom. The van der Waals surface area contributed by atoms with Gasteiger partial charge in [0.15, 0.2) is 12.4 Å². The van der Waals surface area contributed by atoms with Crippen LogP contribution in [0.25, 0.3) is 22.3 Å². The highest BCUT2D eigenvalue weighted by atomic mass is 35.5. The Bertz CT molecular complexity index is 1200. The first-order valence-electron chi connectivity index (χ1n) is 11.5. The molecule has 1 saturated heterocycles. The van der Waals surface area contributed by atoms with Crippen molar-refractivity contribution in [1.82, 2.24) is 4.90 Å². The lowest BCUT2D eigenvalue weighted by molar-refractivity contribution is -0.133. The minimum absolute atomic E-state index is 0.00158. The topological polar surface area (TPSA) is 59.8 Å². The number of ether oxygens (including phenoxy) is 1. The molecule has 0 atom stereocenters. The van der Waals surface area contributed by atoms with Crippen LogP contribution in [0.15, 0.2) is 51.7 Å². The zero-order valence-corrected chi connectivity index (χ0v) is 20.2. The number of nitrogens with zero attached hydrogens (tertiary/aromatic N) is 1. The average molecular weight is 468 g/mol. The van der Waals surface area contributed by atoms with Crippen LogP contribution >= 0.6 is 11.6 Å². The first-order chi connectivity index (χ1) is 15.7. The summed E-state index contributed by atoms with van der Waals surface area (Å²) in [6.45, 7) is 7.68. The quantitative estimate of drug-likeness (QED) is 0.458. The van der Waals surface area contributed by atoms with E-state index in [1.807, 2.05) is 29.2 Å². The third-order valence-corrected chi connectivity index (χ3v) is 6.36. The van der Waals surface area contributed by atoms with Crippen LogP contribution in [-0.2, 0) is 10.2 Å². The number of halogens is 1. The van der Waals surface area contributed by atoms with Gasteiger partial charge in [-0.2, -0.15) is 0 Å². The number of amides is 1. The molecule has 0 unspecified atom stereocenters. The third-order valence-electron chi connectivity index (χ3n) is 6.12. The first-order valence-corrected chi connectivity index (χ1v) is 11.9. The van der Waals surface area contributed by atoms with E-state index in [1.165, 1.54) is 5.56 Å². The summed E-state index contributed by atoms with van der Waals surface area (Å²) in [5.74, 6) is 0.243. The van der Waals surface area contributed by atoms with Crippen molar-refractivity contribution >= 4 is 28.5 Å². The Hall–Kier alpha value is -2.79. The first kappa shape index (κ1) is 23.4. The van der Waals surface area contributed by atoms with Gasteiger partial charge in [0.25, 0.3) is 5.91 Å². The predicted molar refractivity (Wildman–Crippen MR) is 132 cm³/mol. The molecule has 1 aromatic heterocycles. The molecule has 33 heavy (non-hydrogen) atoms. The average Bonchev–Trinajstić information content (AvgIpc) is 3.08. The Morgan fingerprint density at radius 3 is 2.33 bits per heavy atom. The molecule has 6 heteroatoms. The second-order valence-corrected chi connectivity index (χ2v) is 10.1. The zero-order valence-electron chi connectivity index (χ0n) is 19.4. The van der Waals surface area contributed by atoms with Crippen LogP contribution < -0.4 is 10.2 Å². The van der Waals surface area contributed by atoms with Gasteiger partial charge in [-0.15, -0.1) is 0 Å². The summed E-state index contributed by atoms with van der Waals surface area (Å²) in [5, 5.41) is 0.762. The summed E-state index contributed by atoms with van der Waals surface area (Å²) in [6.07, 6.45) is 4.25. The molecule has 2 heterocycles. The van der Waals surface area contributed by atoms with E-state index in [0.29, 0.717) is 27.3 Å². The lowest BCUT2D eigenvalue weighted by Gasteiger charge is -2.21. The van der Waals surface area contributed by atoms with E-state index < -0.39 is 0 Å². The largest absolute Gasteiger partial charge is 0.476 e. The van der Waals surface area contributed by atoms with E-state index in [-0.39, 0.29) is 29.1 Å². The lowest BCUT2D eigenvalue weighted by Crippen LogP contribution is -2.36. The Kier molecular flexibility index (Phi) is 6.80. The summed E-state index contributed by atoms with van der Waals surface area (Å²) < 4.78 is 12.0. The molecule has 1 aliphatic rings. The van der Waals surface area contributed by atoms with Crippen molar-refractivity contribution < 1.29 is 13.9 Å². The fraction of sp³-hybridized carbons (Fsp3) is 0.407. The van der Waals surface area contributed by atoms with Crippen LogP contribution in [0.5, 0.6) is 5.75 Å². The number of carbonyl (C=O) groups is 1. The van der Waals surface area contributed by atoms with Crippen LogP contribution in [0.3, 0.4) is 0 Å². The van der Waals surface area contributed by atoms with E-state index >= 15 is 0 Å². The molecular weight excluding hydrogens is 438 g/mol. The molecule has 0 aliphatic carbocycles. The molecule has 1 aliphatic heterocycles. The van der Waals surface area contributed by atoms with Crippen molar-refractivity contribution in [1.29, 1.82) is 0 Å². The highest BCUT2D eigenvalue weighted by molar-refractivity contribution is 6.31. The Labute approximate surface area is 199 Å². The van der Waals surface area contributed by atoms with E-state index in [4.69, 9.17) is 20.8 Å². The maximum Gasteiger partial charge on any atom is 0.260 e. The number of hydrogen-bond acceptors (Lipinski definition) is 4. The summed E-state index contributed by atoms with van der Waals surface area (Å²) in [4.78, 5) is 28.0. The van der Waals surface area contributed by atoms with Crippen molar-refractivity contribution in [3.05, 3.63) is 63.3 Å². The number of carbonyl (C=O) groups excluding carboxylic acids is 1. The van der Waals surface area contributed by atoms with Gasteiger partial charge in [0, 0.05) is 23.7 Å². The van der Waals surface area contributed by atoms with Crippen molar-refractivity contribution in [3.8, 4) is 17.1 Å². The predicted octanol–water partition coefficient (Wildman–Crippen LogP) is 6.19. The molecule has 0 saturated carbocycles. The van der Waals surface area contributed by atoms with E-state index in [1.54, 1.807) is 18.2 Å². The summed E-state index contributed by atoms with van der Waals surface area (Å²) in [6, 6.07) is 12.8. The normalized spacial score (nSPS) is 14.8. The monoisotopic (exact) mass is 467 g/mol. The van der Waals surface area contributed by atoms with E-state index in [2.05, 4.69) is 20.8 Å². The highest BCUT2D eigenvalue weighted by Crippen LogP contribution is 2.33. The summed E-state index contributed by atoms with van der Waals surface area (Å²) >= 11 is 6.12. The maximum atomic E-state index is 13.4. The fourth-order valence-corrected chi connectivity index (χ4v) is 4.31. The third kappa shape index (κ3) is 5.25. The van der Waals surface area contributed by atoms with Crippen LogP contribution in [-0.4, -0.2) is 30.5 Å². The second kappa shape index (κ2) is 9.60. The molecule has 0 bridgehead atoms. The number of hydrogen-bond donors (Lipinski definition) is 0. The molecule has 5 nitrogen and oxygen atoms in total. The van der Waals surface area contributed by atoms with Gasteiger partial charge in [-0.3, -0.25) is 9.59 Å². The van der Waals surface area contributed by atoms with Gasteiger partial charge in [0.2, 0.25) is 11.2 Å². The number of benzene rings is 2. The molecule has 0 N–H and O–H groups in total. The number of likely N-dealkylation sites (tertiary alicyclic amines) is 1. The molecule has 174 valence electrons. The van der Waals surface area contributed by atoms with E-state index in [9.17, 15) is 9.59 Å². The van der Waals surface area contributed by atoms with Crippen molar-refractivity contribution in [2.75, 3.05) is 19.7 Å². The number of rotatable bonds is 4. The minimum Gasteiger partial charge on any atom is -0.476 e. The Morgan fingerprint density at radius 1 is 1.03 bits per heavy atom. The minimum atomic E-state index is -0.336. The second-order valence-electron chi connectivity index (χ2n) is 9.64. The molecule has 3 aromatic rings. The van der Waals surface area contributed by atoms with Gasteiger partial charge in [0.1, 0.15) is 5.58 Å². The van der Waals surface area contributed by atoms with Gasteiger partial charge in [0.05, 0.1) is 5.39 Å². The summed E-state index contributed by atoms with van der Waals surface area (Å²) in [7, 11) is 0. The van der Waals surface area contributed by atoms with Crippen molar-refractivity contribution in [2.24, 2.45) is 0 Å². The molecule has 2 aromatic carbocycles. The van der Waals surface area contributed by atoms with Gasteiger partial charge >= 0.3 is 0 Å². The smallest absolute Gasteiger partial charge is 0.260 e. The standard InChI is InChI=1S/C27H30ClNO4/c1-27(2,3)19-10-8-18(9-11-19)25-26(24(31)21-16-20(28)12-13-22(21)33-25)32-17-23(30)29-14-6-4-5-7-15-29/h8-13,16H,4-7,14-15,17H2,1-3H3.